The van der Waals surface area contributed by atoms with Gasteiger partial charge in [0.2, 0.25) is 11.9 Å². The number of amides is 1. The van der Waals surface area contributed by atoms with E-state index in [0.717, 1.165) is 11.3 Å². The number of para-hydroxylation sites is 1. The van der Waals surface area contributed by atoms with E-state index < -0.39 is 0 Å². The van der Waals surface area contributed by atoms with Crippen LogP contribution in [0.25, 0.3) is 0 Å². The fraction of sp³-hybridized carbons (Fsp3) is 0.222. The molecule has 2 N–H and O–H groups in total. The summed E-state index contributed by atoms with van der Waals surface area (Å²) >= 11 is 1.42. The smallest absolute Gasteiger partial charge is 0.230 e. The number of rotatable bonds is 6. The molecular formula is C18H19N5OS. The first kappa shape index (κ1) is 17.0. The summed E-state index contributed by atoms with van der Waals surface area (Å²) in [5.74, 6) is 0.747. The molecule has 1 aromatic carbocycles. The average molecular weight is 353 g/mol. The fourth-order valence-electron chi connectivity index (χ4n) is 2.38. The van der Waals surface area contributed by atoms with Crippen molar-refractivity contribution in [3.8, 4) is 0 Å². The molecule has 0 saturated heterocycles. The lowest BCUT2D eigenvalue weighted by Crippen LogP contribution is -2.16. The first-order valence-corrected chi connectivity index (χ1v) is 8.87. The summed E-state index contributed by atoms with van der Waals surface area (Å²) in [6.07, 6.45) is 3.53. The number of thiazole rings is 1. The molecular weight excluding hydrogens is 334 g/mol. The number of carbonyl (C=O) groups excluding carboxylic acids is 1. The number of hydrogen-bond donors (Lipinski definition) is 2. The van der Waals surface area contributed by atoms with Crippen LogP contribution in [0.15, 0.2) is 48.1 Å². The van der Waals surface area contributed by atoms with Crippen LogP contribution in [-0.2, 0) is 11.2 Å². The third-order valence-electron chi connectivity index (χ3n) is 3.53. The van der Waals surface area contributed by atoms with Crippen LogP contribution < -0.4 is 10.6 Å². The summed E-state index contributed by atoms with van der Waals surface area (Å²) in [5.41, 5.74) is 2.69. The van der Waals surface area contributed by atoms with Crippen LogP contribution in [0.2, 0.25) is 0 Å². The Morgan fingerprint density at radius 3 is 2.68 bits per heavy atom. The van der Waals surface area contributed by atoms with Crippen LogP contribution in [0.4, 0.5) is 16.8 Å². The third kappa shape index (κ3) is 4.60. The lowest BCUT2D eigenvalue weighted by Gasteiger charge is -2.13. The van der Waals surface area contributed by atoms with E-state index >= 15 is 0 Å². The Labute approximate surface area is 150 Å². The maximum atomic E-state index is 12.3. The van der Waals surface area contributed by atoms with Crippen molar-refractivity contribution in [3.05, 3.63) is 59.4 Å². The van der Waals surface area contributed by atoms with Gasteiger partial charge in [-0.15, -0.1) is 11.3 Å². The number of anilines is 3. The molecule has 6 nitrogen and oxygen atoms in total. The summed E-state index contributed by atoms with van der Waals surface area (Å²) in [6.45, 7) is 4.21. The molecule has 0 radical (unpaired) electrons. The van der Waals surface area contributed by atoms with Gasteiger partial charge < -0.3 is 10.6 Å². The number of carbonyl (C=O) groups is 1. The van der Waals surface area contributed by atoms with E-state index in [9.17, 15) is 4.79 Å². The summed E-state index contributed by atoms with van der Waals surface area (Å²) in [4.78, 5) is 24.9. The zero-order chi connectivity index (χ0) is 17.6. The summed E-state index contributed by atoms with van der Waals surface area (Å²) in [7, 11) is 0. The van der Waals surface area contributed by atoms with Crippen molar-refractivity contribution in [2.24, 2.45) is 0 Å². The van der Waals surface area contributed by atoms with E-state index in [1.54, 1.807) is 18.5 Å². The molecule has 128 valence electrons. The zero-order valence-electron chi connectivity index (χ0n) is 14.1. The van der Waals surface area contributed by atoms with E-state index in [2.05, 4.69) is 39.4 Å². The van der Waals surface area contributed by atoms with Crippen molar-refractivity contribution in [1.29, 1.82) is 0 Å². The second-order valence-corrected chi connectivity index (χ2v) is 6.67. The Kier molecular flexibility index (Phi) is 5.35. The van der Waals surface area contributed by atoms with Gasteiger partial charge in [0, 0.05) is 23.5 Å². The normalized spacial score (nSPS) is 10.7. The minimum absolute atomic E-state index is 0.0825. The van der Waals surface area contributed by atoms with Gasteiger partial charge in [0.15, 0.2) is 5.13 Å². The Hall–Kier alpha value is -2.80. The van der Waals surface area contributed by atoms with Gasteiger partial charge in [-0.3, -0.25) is 4.79 Å². The highest BCUT2D eigenvalue weighted by molar-refractivity contribution is 7.13. The molecule has 1 amide bonds. The van der Waals surface area contributed by atoms with E-state index in [4.69, 9.17) is 0 Å². The van der Waals surface area contributed by atoms with Crippen LogP contribution >= 0.6 is 11.3 Å². The molecule has 0 spiro atoms. The van der Waals surface area contributed by atoms with Crippen molar-refractivity contribution < 1.29 is 4.79 Å². The van der Waals surface area contributed by atoms with E-state index in [0.29, 0.717) is 22.7 Å². The lowest BCUT2D eigenvalue weighted by molar-refractivity contribution is -0.115. The fourth-order valence-corrected chi connectivity index (χ4v) is 3.08. The molecule has 3 aromatic rings. The molecule has 2 aromatic heterocycles. The number of benzene rings is 1. The Morgan fingerprint density at radius 1 is 1.16 bits per heavy atom. The summed E-state index contributed by atoms with van der Waals surface area (Å²) in [5, 5.41) is 8.53. The van der Waals surface area contributed by atoms with Gasteiger partial charge in [0.05, 0.1) is 12.1 Å². The molecule has 0 aliphatic rings. The summed E-state index contributed by atoms with van der Waals surface area (Å²) in [6, 6.07) is 9.61. The Bertz CT molecular complexity index is 847. The van der Waals surface area contributed by atoms with Gasteiger partial charge in [0.1, 0.15) is 0 Å². The maximum absolute atomic E-state index is 12.3. The second-order valence-electron chi connectivity index (χ2n) is 5.81. The predicted molar refractivity (Wildman–Crippen MR) is 100 cm³/mol. The second kappa shape index (κ2) is 7.85. The van der Waals surface area contributed by atoms with Gasteiger partial charge in [-0.05, 0) is 23.6 Å². The van der Waals surface area contributed by atoms with Gasteiger partial charge in [-0.2, -0.15) is 0 Å². The highest BCUT2D eigenvalue weighted by atomic mass is 32.1. The van der Waals surface area contributed by atoms with Gasteiger partial charge in [0.25, 0.3) is 0 Å². The molecule has 7 heteroatoms. The minimum Gasteiger partial charge on any atom is -0.325 e. The molecule has 25 heavy (non-hydrogen) atoms. The molecule has 0 fully saturated rings. The SMILES string of the molecule is CC(C)c1ccccc1NC(=O)Cc1csc(Nc2ncccn2)n1. The highest BCUT2D eigenvalue weighted by Crippen LogP contribution is 2.24. The van der Waals surface area contributed by atoms with E-state index in [1.165, 1.54) is 11.3 Å². The summed E-state index contributed by atoms with van der Waals surface area (Å²) < 4.78 is 0. The van der Waals surface area contributed by atoms with Crippen molar-refractivity contribution in [2.75, 3.05) is 10.6 Å². The Morgan fingerprint density at radius 2 is 1.92 bits per heavy atom. The van der Waals surface area contributed by atoms with Crippen LogP contribution in [0.1, 0.15) is 31.0 Å². The number of nitrogens with one attached hydrogen (secondary N) is 2. The van der Waals surface area contributed by atoms with Crippen molar-refractivity contribution in [2.45, 2.75) is 26.2 Å². The predicted octanol–water partition coefficient (Wildman–Crippen LogP) is 3.98. The highest BCUT2D eigenvalue weighted by Gasteiger charge is 2.12. The zero-order valence-corrected chi connectivity index (χ0v) is 14.9. The van der Waals surface area contributed by atoms with Crippen LogP contribution in [0.3, 0.4) is 0 Å². The largest absolute Gasteiger partial charge is 0.325 e. The molecule has 0 bridgehead atoms. The monoisotopic (exact) mass is 353 g/mol. The van der Waals surface area contributed by atoms with Crippen LogP contribution in [0.5, 0.6) is 0 Å². The molecule has 0 aliphatic carbocycles. The number of nitrogens with zero attached hydrogens (tertiary/aromatic N) is 3. The van der Waals surface area contributed by atoms with Crippen LogP contribution in [-0.4, -0.2) is 20.9 Å². The van der Waals surface area contributed by atoms with Crippen molar-refractivity contribution in [1.82, 2.24) is 15.0 Å². The minimum atomic E-state index is -0.0825. The van der Waals surface area contributed by atoms with Crippen molar-refractivity contribution >= 4 is 34.0 Å². The van der Waals surface area contributed by atoms with Gasteiger partial charge in [-0.1, -0.05) is 32.0 Å². The molecule has 3 rings (SSSR count). The number of aromatic nitrogens is 3. The van der Waals surface area contributed by atoms with Gasteiger partial charge in [-0.25, -0.2) is 15.0 Å². The average Bonchev–Trinajstić information content (AvgIpc) is 3.02. The standard InChI is InChI=1S/C18H19N5OS/c1-12(2)14-6-3-4-7-15(14)22-16(24)10-13-11-25-18(21-13)23-17-19-8-5-9-20-17/h3-9,11-12H,10H2,1-2H3,(H,22,24)(H,19,20,21,23). The molecule has 0 atom stereocenters. The Balaban J connectivity index is 1.62. The van der Waals surface area contributed by atoms with Gasteiger partial charge >= 0.3 is 0 Å². The topological polar surface area (TPSA) is 79.8 Å². The first-order chi connectivity index (χ1) is 12.1. The van der Waals surface area contributed by atoms with E-state index in [-0.39, 0.29) is 12.3 Å². The molecule has 2 heterocycles. The third-order valence-corrected chi connectivity index (χ3v) is 4.34. The quantitative estimate of drug-likeness (QED) is 0.701. The molecule has 0 aliphatic heterocycles. The number of hydrogen-bond acceptors (Lipinski definition) is 6. The van der Waals surface area contributed by atoms with E-state index in [1.807, 2.05) is 29.6 Å². The molecule has 0 saturated carbocycles. The van der Waals surface area contributed by atoms with Crippen molar-refractivity contribution in [3.63, 3.8) is 0 Å². The first-order valence-electron chi connectivity index (χ1n) is 7.99. The maximum Gasteiger partial charge on any atom is 0.230 e. The lowest BCUT2D eigenvalue weighted by atomic mass is 10.0. The van der Waals surface area contributed by atoms with Crippen LogP contribution in [0, 0.1) is 0 Å². The molecule has 0 unspecified atom stereocenters.